The van der Waals surface area contributed by atoms with Crippen LogP contribution in [-0.4, -0.2) is 16.0 Å². The third-order valence-corrected chi connectivity index (χ3v) is 3.96. The van der Waals surface area contributed by atoms with Crippen molar-refractivity contribution < 1.29 is 27.8 Å². The van der Waals surface area contributed by atoms with Gasteiger partial charge in [-0.1, -0.05) is 12.1 Å². The fourth-order valence-electron chi connectivity index (χ4n) is 2.43. The molecule has 3 rings (SSSR count). The lowest BCUT2D eigenvalue weighted by atomic mass is 10.1. The van der Waals surface area contributed by atoms with Crippen molar-refractivity contribution in [2.45, 2.75) is 12.8 Å². The van der Waals surface area contributed by atoms with E-state index in [0.29, 0.717) is 17.0 Å². The number of carbonyl (C=O) groups is 1. The van der Waals surface area contributed by atoms with Gasteiger partial charge in [0.15, 0.2) is 11.4 Å². The molecule has 1 heterocycles. The summed E-state index contributed by atoms with van der Waals surface area (Å²) in [5, 5.41) is 12.2. The van der Waals surface area contributed by atoms with Crippen molar-refractivity contribution in [2.75, 3.05) is 5.32 Å². The van der Waals surface area contributed by atoms with Crippen LogP contribution < -0.4 is 15.5 Å². The predicted molar refractivity (Wildman–Crippen MR) is 98.9 cm³/mol. The summed E-state index contributed by atoms with van der Waals surface area (Å²) in [7, 11) is 0. The zero-order valence-electron chi connectivity index (χ0n) is 14.8. The summed E-state index contributed by atoms with van der Waals surface area (Å²) in [4.78, 5) is 26.0. The van der Waals surface area contributed by atoms with Gasteiger partial charge in [0, 0.05) is 18.0 Å². The minimum atomic E-state index is -4.39. The number of anilines is 1. The van der Waals surface area contributed by atoms with Gasteiger partial charge < -0.3 is 20.1 Å². The Hall–Kier alpha value is -3.75. The Kier molecular flexibility index (Phi) is 5.58. The number of benzene rings is 2. The van der Waals surface area contributed by atoms with Gasteiger partial charge in [-0.15, -0.1) is 0 Å². The molecular weight excluding hydrogens is 389 g/mol. The van der Waals surface area contributed by atoms with Crippen LogP contribution in [0.5, 0.6) is 11.5 Å². The fraction of sp³-hybridized carbons (Fsp3) is 0.100. The third kappa shape index (κ3) is 4.95. The highest BCUT2D eigenvalue weighted by molar-refractivity contribution is 6.04. The largest absolute Gasteiger partial charge is 0.503 e. The van der Waals surface area contributed by atoms with Crippen molar-refractivity contribution in [3.8, 4) is 11.5 Å². The van der Waals surface area contributed by atoms with Crippen LogP contribution >= 0.6 is 0 Å². The first-order valence-electron chi connectivity index (χ1n) is 8.35. The zero-order valence-corrected chi connectivity index (χ0v) is 14.8. The predicted octanol–water partition coefficient (Wildman–Crippen LogP) is 3.93. The Morgan fingerprint density at radius 1 is 1.03 bits per heavy atom. The van der Waals surface area contributed by atoms with Gasteiger partial charge in [-0.2, -0.15) is 13.2 Å². The molecule has 0 saturated carbocycles. The summed E-state index contributed by atoms with van der Waals surface area (Å²) in [5.41, 5.74) is -0.715. The van der Waals surface area contributed by atoms with Crippen LogP contribution in [0.4, 0.5) is 18.9 Å². The van der Waals surface area contributed by atoms with Gasteiger partial charge >= 0.3 is 6.18 Å². The molecule has 6 nitrogen and oxygen atoms in total. The molecule has 3 aromatic rings. The summed E-state index contributed by atoms with van der Waals surface area (Å²) >= 11 is 0. The second kappa shape index (κ2) is 8.09. The van der Waals surface area contributed by atoms with Crippen LogP contribution in [0.3, 0.4) is 0 Å². The SMILES string of the molecule is O=C(Nc1ccc(OCc2ccc(C(F)(F)F)cc2)cc1)c1[nH]ccc(=O)c1O. The van der Waals surface area contributed by atoms with Gasteiger partial charge in [0.25, 0.3) is 5.91 Å². The van der Waals surface area contributed by atoms with Crippen molar-refractivity contribution in [3.63, 3.8) is 0 Å². The van der Waals surface area contributed by atoms with E-state index >= 15 is 0 Å². The monoisotopic (exact) mass is 404 g/mol. The van der Waals surface area contributed by atoms with Crippen LogP contribution in [-0.2, 0) is 12.8 Å². The number of pyridine rings is 1. The van der Waals surface area contributed by atoms with E-state index < -0.39 is 28.8 Å². The maximum atomic E-state index is 12.6. The lowest BCUT2D eigenvalue weighted by Crippen LogP contribution is -2.16. The van der Waals surface area contributed by atoms with E-state index in [1.54, 1.807) is 12.1 Å². The van der Waals surface area contributed by atoms with E-state index in [-0.39, 0.29) is 12.3 Å². The number of aromatic hydroxyl groups is 1. The van der Waals surface area contributed by atoms with Crippen LogP contribution in [0.25, 0.3) is 0 Å². The third-order valence-electron chi connectivity index (χ3n) is 3.96. The molecule has 0 bridgehead atoms. The quantitative estimate of drug-likeness (QED) is 0.601. The molecular formula is C20H15F3N2O4. The number of alkyl halides is 3. The van der Waals surface area contributed by atoms with Crippen molar-refractivity contribution in [1.82, 2.24) is 4.98 Å². The standard InChI is InChI=1S/C20H15F3N2O4/c21-20(22,23)13-3-1-12(2-4-13)11-29-15-7-5-14(6-8-15)25-19(28)17-18(27)16(26)9-10-24-17/h1-10,27H,11H2,(H,24,26)(H,25,28). The maximum absolute atomic E-state index is 12.6. The highest BCUT2D eigenvalue weighted by atomic mass is 19.4. The molecule has 9 heteroatoms. The Balaban J connectivity index is 1.59. The van der Waals surface area contributed by atoms with Gasteiger partial charge in [-0.25, -0.2) is 0 Å². The molecule has 0 aliphatic heterocycles. The maximum Gasteiger partial charge on any atom is 0.416 e. The number of rotatable bonds is 5. The Morgan fingerprint density at radius 3 is 2.31 bits per heavy atom. The molecule has 150 valence electrons. The molecule has 0 saturated heterocycles. The van der Waals surface area contributed by atoms with Crippen molar-refractivity contribution in [2.24, 2.45) is 0 Å². The molecule has 0 aliphatic carbocycles. The molecule has 29 heavy (non-hydrogen) atoms. The van der Waals surface area contributed by atoms with E-state index in [2.05, 4.69) is 10.3 Å². The number of aromatic nitrogens is 1. The Morgan fingerprint density at radius 2 is 1.69 bits per heavy atom. The number of H-pyrrole nitrogens is 1. The lowest BCUT2D eigenvalue weighted by molar-refractivity contribution is -0.137. The highest BCUT2D eigenvalue weighted by Crippen LogP contribution is 2.29. The number of nitrogens with one attached hydrogen (secondary N) is 2. The first-order valence-corrected chi connectivity index (χ1v) is 8.35. The smallest absolute Gasteiger partial charge is 0.416 e. The molecule has 0 atom stereocenters. The van der Waals surface area contributed by atoms with Crippen LogP contribution in [0.2, 0.25) is 0 Å². The number of hydrogen-bond donors (Lipinski definition) is 3. The van der Waals surface area contributed by atoms with E-state index in [9.17, 15) is 27.9 Å². The molecule has 0 fully saturated rings. The molecule has 1 amide bonds. The fourth-order valence-corrected chi connectivity index (χ4v) is 2.43. The minimum absolute atomic E-state index is 0.0724. The van der Waals surface area contributed by atoms with E-state index in [1.807, 2.05) is 0 Å². The lowest BCUT2D eigenvalue weighted by Gasteiger charge is -2.10. The number of hydrogen-bond acceptors (Lipinski definition) is 4. The minimum Gasteiger partial charge on any atom is -0.503 e. The van der Waals surface area contributed by atoms with Gasteiger partial charge in [0.1, 0.15) is 12.4 Å². The summed E-state index contributed by atoms with van der Waals surface area (Å²) in [6, 6.07) is 11.9. The average Bonchev–Trinajstić information content (AvgIpc) is 2.69. The molecule has 0 spiro atoms. The van der Waals surface area contributed by atoms with Gasteiger partial charge in [-0.05, 0) is 42.0 Å². The molecule has 1 aromatic heterocycles. The van der Waals surface area contributed by atoms with E-state index in [1.165, 1.54) is 30.5 Å². The van der Waals surface area contributed by atoms with Gasteiger partial charge in [-0.3, -0.25) is 9.59 Å². The number of ether oxygens (including phenoxy) is 1. The van der Waals surface area contributed by atoms with E-state index in [4.69, 9.17) is 4.74 Å². The number of amides is 1. The molecule has 2 aromatic carbocycles. The van der Waals surface area contributed by atoms with E-state index in [0.717, 1.165) is 18.2 Å². The van der Waals surface area contributed by atoms with Crippen molar-refractivity contribution in [1.29, 1.82) is 0 Å². The van der Waals surface area contributed by atoms with Crippen LogP contribution in [0.15, 0.2) is 65.6 Å². The molecule has 3 N–H and O–H groups in total. The summed E-state index contributed by atoms with van der Waals surface area (Å²) in [6.07, 6.45) is -3.14. The summed E-state index contributed by atoms with van der Waals surface area (Å²) < 4.78 is 43.2. The molecule has 0 unspecified atom stereocenters. The van der Waals surface area contributed by atoms with Crippen molar-refractivity contribution >= 4 is 11.6 Å². The first-order chi connectivity index (χ1) is 13.7. The van der Waals surface area contributed by atoms with Gasteiger partial charge in [0.05, 0.1) is 5.56 Å². The van der Waals surface area contributed by atoms with Crippen LogP contribution in [0, 0.1) is 0 Å². The second-order valence-corrected chi connectivity index (χ2v) is 6.03. The highest BCUT2D eigenvalue weighted by Gasteiger charge is 2.29. The molecule has 0 radical (unpaired) electrons. The summed E-state index contributed by atoms with van der Waals surface area (Å²) in [6.45, 7) is 0.0724. The second-order valence-electron chi connectivity index (χ2n) is 6.03. The average molecular weight is 404 g/mol. The molecule has 0 aliphatic rings. The normalized spacial score (nSPS) is 11.1. The topological polar surface area (TPSA) is 91.4 Å². The number of carbonyl (C=O) groups excluding carboxylic acids is 1. The van der Waals surface area contributed by atoms with Crippen LogP contribution in [0.1, 0.15) is 21.6 Å². The first kappa shape index (κ1) is 20.0. The van der Waals surface area contributed by atoms with Crippen molar-refractivity contribution in [3.05, 3.63) is 87.8 Å². The number of halogens is 3. The Labute approximate surface area is 162 Å². The zero-order chi connectivity index (χ0) is 21.0. The summed E-state index contributed by atoms with van der Waals surface area (Å²) in [5.74, 6) is -0.931. The Bertz CT molecular complexity index is 1060. The number of aromatic amines is 1. The van der Waals surface area contributed by atoms with Gasteiger partial charge in [0.2, 0.25) is 5.43 Å².